The van der Waals surface area contributed by atoms with Gasteiger partial charge in [0.1, 0.15) is 5.82 Å². The zero-order valence-corrected chi connectivity index (χ0v) is 13.6. The van der Waals surface area contributed by atoms with E-state index in [0.717, 1.165) is 5.82 Å². The minimum Gasteiger partial charge on any atom is -0.366 e. The van der Waals surface area contributed by atoms with Gasteiger partial charge in [0.15, 0.2) is 0 Å². The Balaban J connectivity index is 1.67. The molecule has 1 saturated heterocycles. The van der Waals surface area contributed by atoms with E-state index in [1.54, 1.807) is 41.4 Å². The van der Waals surface area contributed by atoms with Crippen LogP contribution in [-0.2, 0) is 0 Å². The lowest BCUT2D eigenvalue weighted by Gasteiger charge is -2.35. The molecule has 1 fully saturated rings. The summed E-state index contributed by atoms with van der Waals surface area (Å²) in [6.45, 7) is 2.34. The van der Waals surface area contributed by atoms with Crippen molar-refractivity contribution in [2.24, 2.45) is 5.73 Å². The van der Waals surface area contributed by atoms with Crippen LogP contribution in [0.1, 0.15) is 26.3 Å². The number of aromatic nitrogens is 1. The normalized spacial score (nSPS) is 14.0. The second-order valence-electron chi connectivity index (χ2n) is 5.74. The van der Waals surface area contributed by atoms with Gasteiger partial charge in [-0.1, -0.05) is 6.07 Å². The Bertz CT molecular complexity index is 851. The lowest BCUT2D eigenvalue weighted by atomic mass is 10.1. The molecule has 1 aromatic heterocycles. The number of hydrogen-bond donors (Lipinski definition) is 1. The molecule has 0 aliphatic carbocycles. The minimum atomic E-state index is -0.553. The molecule has 2 aromatic rings. The third kappa shape index (κ3) is 3.58. The molecular weight excluding hydrogens is 318 g/mol. The molecule has 25 heavy (non-hydrogen) atoms. The van der Waals surface area contributed by atoms with E-state index < -0.39 is 5.91 Å². The van der Waals surface area contributed by atoms with E-state index in [0.29, 0.717) is 42.9 Å². The number of carbonyl (C=O) groups excluding carboxylic acids is 2. The summed E-state index contributed by atoms with van der Waals surface area (Å²) < 4.78 is 0. The number of carbonyl (C=O) groups is 2. The monoisotopic (exact) mass is 335 g/mol. The zero-order chi connectivity index (χ0) is 17.8. The van der Waals surface area contributed by atoms with Gasteiger partial charge in [-0.25, -0.2) is 4.98 Å². The Labute approximate surface area is 145 Å². The Morgan fingerprint density at radius 1 is 1.08 bits per heavy atom. The number of nitrogens with two attached hydrogens (primary N) is 1. The summed E-state index contributed by atoms with van der Waals surface area (Å²) in [5.41, 5.74) is 6.60. The van der Waals surface area contributed by atoms with E-state index in [9.17, 15) is 9.59 Å². The maximum atomic E-state index is 12.6. The molecule has 0 atom stereocenters. The van der Waals surface area contributed by atoms with Gasteiger partial charge in [0.05, 0.1) is 11.6 Å². The van der Waals surface area contributed by atoms with Crippen molar-refractivity contribution < 1.29 is 9.59 Å². The summed E-state index contributed by atoms with van der Waals surface area (Å²) in [5, 5.41) is 8.98. The van der Waals surface area contributed by atoms with E-state index in [1.807, 2.05) is 4.90 Å². The molecule has 2 amide bonds. The van der Waals surface area contributed by atoms with Crippen molar-refractivity contribution in [1.82, 2.24) is 9.88 Å². The van der Waals surface area contributed by atoms with Gasteiger partial charge in [-0.2, -0.15) is 5.26 Å². The molecule has 0 spiro atoms. The fourth-order valence-corrected chi connectivity index (χ4v) is 2.79. The van der Waals surface area contributed by atoms with Crippen molar-refractivity contribution in [3.05, 3.63) is 59.3 Å². The predicted molar refractivity (Wildman–Crippen MR) is 92.0 cm³/mol. The number of rotatable bonds is 3. The van der Waals surface area contributed by atoms with Gasteiger partial charge in [-0.3, -0.25) is 9.59 Å². The molecular formula is C18H17N5O2. The molecule has 0 saturated carbocycles. The quantitative estimate of drug-likeness (QED) is 0.902. The average Bonchev–Trinajstić information content (AvgIpc) is 2.67. The second kappa shape index (κ2) is 7.01. The highest BCUT2D eigenvalue weighted by molar-refractivity contribution is 5.99. The van der Waals surface area contributed by atoms with Crippen molar-refractivity contribution in [3.8, 4) is 6.07 Å². The van der Waals surface area contributed by atoms with Gasteiger partial charge in [0, 0.05) is 43.5 Å². The number of nitriles is 1. The molecule has 2 heterocycles. The van der Waals surface area contributed by atoms with Gasteiger partial charge in [0.25, 0.3) is 5.91 Å². The van der Waals surface area contributed by atoms with Crippen LogP contribution in [-0.4, -0.2) is 47.9 Å². The van der Waals surface area contributed by atoms with Crippen LogP contribution in [0.3, 0.4) is 0 Å². The van der Waals surface area contributed by atoms with Crippen molar-refractivity contribution in [3.63, 3.8) is 0 Å². The maximum Gasteiger partial charge on any atom is 0.253 e. The average molecular weight is 335 g/mol. The largest absolute Gasteiger partial charge is 0.366 e. The Kier molecular flexibility index (Phi) is 4.61. The Morgan fingerprint density at radius 2 is 1.80 bits per heavy atom. The maximum absolute atomic E-state index is 12.6. The lowest BCUT2D eigenvalue weighted by Crippen LogP contribution is -2.49. The third-order valence-corrected chi connectivity index (χ3v) is 4.16. The molecule has 1 aromatic carbocycles. The molecule has 1 aliphatic heterocycles. The summed E-state index contributed by atoms with van der Waals surface area (Å²) in [6.07, 6.45) is 1.61. The first-order valence-corrected chi connectivity index (χ1v) is 7.89. The second-order valence-corrected chi connectivity index (χ2v) is 5.74. The highest BCUT2D eigenvalue weighted by Crippen LogP contribution is 2.16. The van der Waals surface area contributed by atoms with Crippen LogP contribution in [0.4, 0.5) is 5.82 Å². The summed E-state index contributed by atoms with van der Waals surface area (Å²) in [7, 11) is 0. The zero-order valence-electron chi connectivity index (χ0n) is 13.6. The fraction of sp³-hybridized carbons (Fsp3) is 0.222. The minimum absolute atomic E-state index is 0.124. The number of hydrogen-bond acceptors (Lipinski definition) is 5. The highest BCUT2D eigenvalue weighted by atomic mass is 16.2. The number of amides is 2. The van der Waals surface area contributed by atoms with E-state index in [2.05, 4.69) is 11.1 Å². The van der Waals surface area contributed by atoms with E-state index in [1.165, 1.54) is 6.07 Å². The summed E-state index contributed by atoms with van der Waals surface area (Å²) in [5.74, 6) is 0.0614. The first-order chi connectivity index (χ1) is 12.1. The van der Waals surface area contributed by atoms with Gasteiger partial charge < -0.3 is 15.5 Å². The van der Waals surface area contributed by atoms with Gasteiger partial charge >= 0.3 is 0 Å². The number of anilines is 1. The van der Waals surface area contributed by atoms with E-state index in [-0.39, 0.29) is 5.91 Å². The predicted octanol–water partition coefficient (Wildman–Crippen LogP) is 1.01. The summed E-state index contributed by atoms with van der Waals surface area (Å²) in [6, 6.07) is 12.0. The van der Waals surface area contributed by atoms with Gasteiger partial charge in [-0.15, -0.1) is 0 Å². The van der Waals surface area contributed by atoms with Gasteiger partial charge in [0.2, 0.25) is 5.91 Å². The van der Waals surface area contributed by atoms with Crippen LogP contribution in [0, 0.1) is 11.3 Å². The van der Waals surface area contributed by atoms with E-state index in [4.69, 9.17) is 11.0 Å². The van der Waals surface area contributed by atoms with Crippen molar-refractivity contribution >= 4 is 17.6 Å². The third-order valence-electron chi connectivity index (χ3n) is 4.16. The van der Waals surface area contributed by atoms with E-state index >= 15 is 0 Å². The molecule has 0 unspecified atom stereocenters. The first kappa shape index (κ1) is 16.5. The Morgan fingerprint density at radius 3 is 2.48 bits per heavy atom. The first-order valence-electron chi connectivity index (χ1n) is 7.89. The number of benzene rings is 1. The number of primary amides is 1. The molecule has 7 nitrogen and oxygen atoms in total. The topological polar surface area (TPSA) is 103 Å². The highest BCUT2D eigenvalue weighted by Gasteiger charge is 2.23. The molecule has 7 heteroatoms. The van der Waals surface area contributed by atoms with Crippen molar-refractivity contribution in [2.75, 3.05) is 31.1 Å². The van der Waals surface area contributed by atoms with Crippen LogP contribution in [0.5, 0.6) is 0 Å². The standard InChI is InChI=1S/C18H17N5O2/c19-12-13-4-5-21-16(10-13)22-6-8-23(9-7-22)18(25)15-3-1-2-14(11-15)17(20)24/h1-5,10-11H,6-9H2,(H2,20,24). The van der Waals surface area contributed by atoms with Crippen molar-refractivity contribution in [1.29, 1.82) is 5.26 Å². The molecule has 0 bridgehead atoms. The fourth-order valence-electron chi connectivity index (χ4n) is 2.79. The molecule has 1 aliphatic rings. The van der Waals surface area contributed by atoms with Gasteiger partial charge in [-0.05, 0) is 30.3 Å². The van der Waals surface area contributed by atoms with Crippen LogP contribution >= 0.6 is 0 Å². The smallest absolute Gasteiger partial charge is 0.253 e. The van der Waals surface area contributed by atoms with Crippen LogP contribution in [0.25, 0.3) is 0 Å². The lowest BCUT2D eigenvalue weighted by molar-refractivity contribution is 0.0746. The van der Waals surface area contributed by atoms with Crippen LogP contribution in [0.2, 0.25) is 0 Å². The molecule has 3 rings (SSSR count). The summed E-state index contributed by atoms with van der Waals surface area (Å²) >= 11 is 0. The number of piperazine rings is 1. The molecule has 0 radical (unpaired) electrons. The van der Waals surface area contributed by atoms with Crippen LogP contribution < -0.4 is 10.6 Å². The Hall–Kier alpha value is -3.40. The number of pyridine rings is 1. The molecule has 2 N–H and O–H groups in total. The number of nitrogens with zero attached hydrogens (tertiary/aromatic N) is 4. The summed E-state index contributed by atoms with van der Waals surface area (Å²) in [4.78, 5) is 32.0. The SMILES string of the molecule is N#Cc1ccnc(N2CCN(C(=O)c3cccc(C(N)=O)c3)CC2)c1. The molecule has 126 valence electrons. The van der Waals surface area contributed by atoms with Crippen LogP contribution in [0.15, 0.2) is 42.6 Å². The van der Waals surface area contributed by atoms with Crippen molar-refractivity contribution in [2.45, 2.75) is 0 Å².